The van der Waals surface area contributed by atoms with Gasteiger partial charge in [-0.25, -0.2) is 0 Å². The molecule has 2 amide bonds. The van der Waals surface area contributed by atoms with E-state index in [2.05, 4.69) is 15.5 Å². The fraction of sp³-hybridized carbons (Fsp3) is 0.250. The summed E-state index contributed by atoms with van der Waals surface area (Å²) in [5.74, 6) is 1.11. The minimum atomic E-state index is -0.381. The van der Waals surface area contributed by atoms with Crippen LogP contribution in [0.25, 0.3) is 17.4 Å². The van der Waals surface area contributed by atoms with E-state index in [1.54, 1.807) is 18.2 Å². The number of anilines is 2. The van der Waals surface area contributed by atoms with Crippen molar-refractivity contribution in [3.05, 3.63) is 77.5 Å². The monoisotopic (exact) mass is 536 g/mol. The van der Waals surface area contributed by atoms with Crippen LogP contribution in [0.15, 0.2) is 71.2 Å². The van der Waals surface area contributed by atoms with E-state index in [1.165, 1.54) is 6.08 Å². The molecule has 0 aliphatic carbocycles. The van der Waals surface area contributed by atoms with Gasteiger partial charge in [0.25, 0.3) is 0 Å². The lowest BCUT2D eigenvalue weighted by molar-refractivity contribution is -0.131. The Morgan fingerprint density at radius 3 is 2.51 bits per heavy atom. The van der Waals surface area contributed by atoms with Crippen LogP contribution < -0.4 is 15.5 Å². The molecule has 2 heterocycles. The molecule has 4 rings (SSSR count). The number of hydrogen-bond donors (Lipinski definition) is 2. The van der Waals surface area contributed by atoms with Crippen LogP contribution in [-0.4, -0.2) is 48.0 Å². The molecule has 0 saturated carbocycles. The number of furan rings is 1. The van der Waals surface area contributed by atoms with Crippen LogP contribution in [-0.2, 0) is 9.59 Å². The van der Waals surface area contributed by atoms with Crippen LogP contribution in [0.1, 0.15) is 25.5 Å². The van der Waals surface area contributed by atoms with Crippen molar-refractivity contribution in [3.8, 4) is 11.3 Å². The van der Waals surface area contributed by atoms with Gasteiger partial charge in [-0.05, 0) is 55.0 Å². The number of halogens is 1. The molecule has 192 valence electrons. The van der Waals surface area contributed by atoms with Crippen molar-refractivity contribution in [1.29, 1.82) is 0 Å². The molecule has 1 aromatic heterocycles. The van der Waals surface area contributed by atoms with Crippen molar-refractivity contribution in [2.24, 2.45) is 0 Å². The van der Waals surface area contributed by atoms with Crippen LogP contribution in [0, 0.1) is 0 Å². The Balaban J connectivity index is 1.27. The van der Waals surface area contributed by atoms with Crippen molar-refractivity contribution < 1.29 is 14.0 Å². The van der Waals surface area contributed by atoms with Crippen LogP contribution >= 0.6 is 23.8 Å². The number of piperazine rings is 1. The second kappa shape index (κ2) is 12.6. The molecule has 37 heavy (non-hydrogen) atoms. The molecule has 3 aromatic rings. The van der Waals surface area contributed by atoms with E-state index in [0.29, 0.717) is 36.0 Å². The molecule has 1 aliphatic heterocycles. The minimum Gasteiger partial charge on any atom is -0.457 e. The summed E-state index contributed by atoms with van der Waals surface area (Å²) in [5, 5.41) is 6.34. The average Bonchev–Trinajstić information content (AvgIpc) is 3.38. The molecule has 2 aromatic carbocycles. The van der Waals surface area contributed by atoms with Gasteiger partial charge in [0.2, 0.25) is 11.8 Å². The Labute approximate surface area is 227 Å². The first-order valence-corrected chi connectivity index (χ1v) is 13.0. The summed E-state index contributed by atoms with van der Waals surface area (Å²) in [6, 6.07) is 18.9. The largest absolute Gasteiger partial charge is 0.457 e. The zero-order valence-electron chi connectivity index (χ0n) is 20.6. The maximum atomic E-state index is 12.3. The second-order valence-corrected chi connectivity index (χ2v) is 9.44. The molecular weight excluding hydrogens is 508 g/mol. The minimum absolute atomic E-state index is 0.158. The number of benzene rings is 2. The third kappa shape index (κ3) is 7.21. The predicted molar refractivity (Wildman–Crippen MR) is 153 cm³/mol. The lowest BCUT2D eigenvalue weighted by Crippen LogP contribution is -2.48. The van der Waals surface area contributed by atoms with Crippen molar-refractivity contribution in [1.82, 2.24) is 10.2 Å². The van der Waals surface area contributed by atoms with Gasteiger partial charge in [-0.3, -0.25) is 14.9 Å². The van der Waals surface area contributed by atoms with Gasteiger partial charge < -0.3 is 19.5 Å². The second-order valence-electron chi connectivity index (χ2n) is 8.63. The Morgan fingerprint density at radius 2 is 1.81 bits per heavy atom. The van der Waals surface area contributed by atoms with Crippen molar-refractivity contribution in [3.63, 3.8) is 0 Å². The number of nitrogens with one attached hydrogen (secondary N) is 2. The van der Waals surface area contributed by atoms with Gasteiger partial charge in [-0.2, -0.15) is 0 Å². The van der Waals surface area contributed by atoms with Gasteiger partial charge in [0, 0.05) is 49.9 Å². The van der Waals surface area contributed by atoms with Gasteiger partial charge in [-0.1, -0.05) is 48.9 Å². The molecule has 0 radical (unpaired) electrons. The summed E-state index contributed by atoms with van der Waals surface area (Å²) in [7, 11) is 0. The number of hydrogen-bond acceptors (Lipinski definition) is 5. The van der Waals surface area contributed by atoms with E-state index < -0.39 is 0 Å². The molecule has 0 bridgehead atoms. The number of amides is 2. The molecule has 1 aliphatic rings. The van der Waals surface area contributed by atoms with Crippen LogP contribution in [0.3, 0.4) is 0 Å². The number of carbonyl (C=O) groups excluding carboxylic acids is 2. The highest BCUT2D eigenvalue weighted by Gasteiger charge is 2.22. The molecule has 1 fully saturated rings. The van der Waals surface area contributed by atoms with E-state index in [9.17, 15) is 9.59 Å². The van der Waals surface area contributed by atoms with Gasteiger partial charge in [0.05, 0.1) is 10.7 Å². The van der Waals surface area contributed by atoms with E-state index in [1.807, 2.05) is 60.4 Å². The highest BCUT2D eigenvalue weighted by molar-refractivity contribution is 7.80. The highest BCUT2D eigenvalue weighted by Crippen LogP contribution is 2.30. The summed E-state index contributed by atoms with van der Waals surface area (Å²) in [6.45, 7) is 4.84. The van der Waals surface area contributed by atoms with Crippen molar-refractivity contribution in [2.75, 3.05) is 36.4 Å². The van der Waals surface area contributed by atoms with E-state index in [4.69, 9.17) is 28.2 Å². The maximum Gasteiger partial charge on any atom is 0.250 e. The third-order valence-corrected chi connectivity index (χ3v) is 6.47. The maximum absolute atomic E-state index is 12.3. The Morgan fingerprint density at radius 1 is 1.05 bits per heavy atom. The van der Waals surface area contributed by atoms with E-state index in [-0.39, 0.29) is 16.9 Å². The molecule has 9 heteroatoms. The predicted octanol–water partition coefficient (Wildman–Crippen LogP) is 5.58. The first-order chi connectivity index (χ1) is 17.9. The summed E-state index contributed by atoms with van der Waals surface area (Å²) in [6.07, 6.45) is 4.40. The number of rotatable bonds is 7. The Bertz CT molecular complexity index is 1280. The van der Waals surface area contributed by atoms with Crippen molar-refractivity contribution in [2.45, 2.75) is 19.8 Å². The zero-order valence-corrected chi connectivity index (χ0v) is 22.1. The summed E-state index contributed by atoms with van der Waals surface area (Å²) < 4.78 is 5.77. The molecule has 0 atom stereocenters. The normalized spacial score (nSPS) is 13.6. The number of nitrogens with zero attached hydrogens (tertiary/aromatic N) is 2. The SMILES string of the molecule is CCCC(=O)N1CCN(c2ccc(NC(=S)NC(=O)/C=C/c3ccc(-c4ccccc4)o3)cc2Cl)CC1. The Kier molecular flexibility index (Phi) is 8.98. The smallest absolute Gasteiger partial charge is 0.250 e. The topological polar surface area (TPSA) is 77.8 Å². The summed E-state index contributed by atoms with van der Waals surface area (Å²) in [5.41, 5.74) is 2.53. The van der Waals surface area contributed by atoms with Crippen LogP contribution in [0.2, 0.25) is 5.02 Å². The molecular formula is C28H29ClN4O3S. The fourth-order valence-electron chi connectivity index (χ4n) is 4.08. The number of carbonyl (C=O) groups is 2. The molecule has 2 N–H and O–H groups in total. The lowest BCUT2D eigenvalue weighted by atomic mass is 10.2. The van der Waals surface area contributed by atoms with Crippen molar-refractivity contribution >= 4 is 58.2 Å². The lowest BCUT2D eigenvalue weighted by Gasteiger charge is -2.36. The standard InChI is InChI=1S/C28H29ClN4O3S/c1-2-6-27(35)33-17-15-32(16-18-33)24-12-9-21(19-23(24)29)30-28(37)31-26(34)14-11-22-10-13-25(36-22)20-7-4-3-5-8-20/h3-5,7-14,19H,2,6,15-18H2,1H3,(H2,30,31,34,37)/b14-11+. The first kappa shape index (κ1) is 26.4. The molecule has 1 saturated heterocycles. The average molecular weight is 537 g/mol. The van der Waals surface area contributed by atoms with Gasteiger partial charge in [0.1, 0.15) is 11.5 Å². The number of thiocarbonyl (C=S) groups is 1. The summed E-state index contributed by atoms with van der Waals surface area (Å²) in [4.78, 5) is 28.5. The summed E-state index contributed by atoms with van der Waals surface area (Å²) >= 11 is 11.8. The van der Waals surface area contributed by atoms with E-state index >= 15 is 0 Å². The molecule has 0 spiro atoms. The third-order valence-electron chi connectivity index (χ3n) is 5.96. The van der Waals surface area contributed by atoms with Crippen LogP contribution in [0.5, 0.6) is 0 Å². The fourth-order valence-corrected chi connectivity index (χ4v) is 4.60. The zero-order chi connectivity index (χ0) is 26.2. The molecule has 7 nitrogen and oxygen atoms in total. The highest BCUT2D eigenvalue weighted by atomic mass is 35.5. The van der Waals surface area contributed by atoms with Crippen LogP contribution in [0.4, 0.5) is 11.4 Å². The van der Waals surface area contributed by atoms with Gasteiger partial charge in [-0.15, -0.1) is 0 Å². The quantitative estimate of drug-likeness (QED) is 0.303. The van der Waals surface area contributed by atoms with Gasteiger partial charge in [0.15, 0.2) is 5.11 Å². The van der Waals surface area contributed by atoms with E-state index in [0.717, 1.165) is 36.5 Å². The Hall–Kier alpha value is -3.62. The molecule has 0 unspecified atom stereocenters. The first-order valence-electron chi connectivity index (χ1n) is 12.2. The van der Waals surface area contributed by atoms with Gasteiger partial charge >= 0.3 is 0 Å².